The lowest BCUT2D eigenvalue weighted by molar-refractivity contribution is 0.697. The monoisotopic (exact) mass is 291 g/mol. The van der Waals surface area contributed by atoms with E-state index in [9.17, 15) is 0 Å². The van der Waals surface area contributed by atoms with E-state index in [0.717, 1.165) is 14.2 Å². The second-order valence-corrected chi connectivity index (χ2v) is 6.89. The molecule has 1 nitrogen and oxygen atoms in total. The molecule has 0 aliphatic carbocycles. The number of aryl methyl sites for hydroxylation is 1. The quantitative estimate of drug-likeness (QED) is 0.862. The van der Waals surface area contributed by atoms with Crippen LogP contribution in [-0.2, 0) is 0 Å². The minimum absolute atomic E-state index is 0.126. The van der Waals surface area contributed by atoms with Gasteiger partial charge in [-0.15, -0.1) is 22.7 Å². The van der Waals surface area contributed by atoms with E-state index < -0.39 is 0 Å². The summed E-state index contributed by atoms with van der Waals surface area (Å²) in [6, 6.07) is 4.23. The fourth-order valence-electron chi connectivity index (χ4n) is 1.67. The fourth-order valence-corrected chi connectivity index (χ4v) is 3.93. The van der Waals surface area contributed by atoms with E-state index in [4.69, 9.17) is 23.2 Å². The Morgan fingerprint density at radius 1 is 1.31 bits per heavy atom. The zero-order chi connectivity index (χ0) is 11.7. The van der Waals surface area contributed by atoms with Crippen LogP contribution in [0.5, 0.6) is 0 Å². The molecule has 0 aliphatic heterocycles. The van der Waals surface area contributed by atoms with Gasteiger partial charge in [0.05, 0.1) is 14.7 Å². The van der Waals surface area contributed by atoms with Crippen LogP contribution in [0.4, 0.5) is 0 Å². The van der Waals surface area contributed by atoms with Crippen molar-refractivity contribution in [2.75, 3.05) is 7.05 Å². The smallest absolute Gasteiger partial charge is 0.0995 e. The summed E-state index contributed by atoms with van der Waals surface area (Å²) in [5.74, 6) is 0. The SMILES string of the molecule is CNC(c1csc(C)c1)c1cc(Cl)sc1Cl. The molecule has 0 amide bonds. The zero-order valence-corrected chi connectivity index (χ0v) is 12.0. The summed E-state index contributed by atoms with van der Waals surface area (Å²) in [6.07, 6.45) is 0. The van der Waals surface area contributed by atoms with Gasteiger partial charge in [-0.2, -0.15) is 0 Å². The average molecular weight is 292 g/mol. The van der Waals surface area contributed by atoms with Crippen LogP contribution in [0.2, 0.25) is 8.67 Å². The van der Waals surface area contributed by atoms with E-state index in [0.29, 0.717) is 0 Å². The topological polar surface area (TPSA) is 12.0 Å². The van der Waals surface area contributed by atoms with Crippen molar-refractivity contribution in [3.63, 3.8) is 0 Å². The number of thiophene rings is 2. The number of hydrogen-bond donors (Lipinski definition) is 1. The Balaban J connectivity index is 2.40. The summed E-state index contributed by atoms with van der Waals surface area (Å²) >= 11 is 15.3. The fraction of sp³-hybridized carbons (Fsp3) is 0.273. The second-order valence-electron chi connectivity index (χ2n) is 3.49. The lowest BCUT2D eigenvalue weighted by Gasteiger charge is -2.14. The van der Waals surface area contributed by atoms with Gasteiger partial charge in [0.1, 0.15) is 0 Å². The maximum Gasteiger partial charge on any atom is 0.0995 e. The first-order valence-corrected chi connectivity index (χ1v) is 7.24. The normalized spacial score (nSPS) is 13.0. The molecule has 0 fully saturated rings. The van der Waals surface area contributed by atoms with Crippen molar-refractivity contribution in [1.29, 1.82) is 0 Å². The number of hydrogen-bond acceptors (Lipinski definition) is 3. The highest BCUT2D eigenvalue weighted by Gasteiger charge is 2.18. The highest BCUT2D eigenvalue weighted by atomic mass is 35.5. The van der Waals surface area contributed by atoms with Crippen molar-refractivity contribution in [2.45, 2.75) is 13.0 Å². The molecule has 0 aliphatic rings. The van der Waals surface area contributed by atoms with Crippen molar-refractivity contribution in [3.8, 4) is 0 Å². The van der Waals surface area contributed by atoms with Gasteiger partial charge >= 0.3 is 0 Å². The van der Waals surface area contributed by atoms with E-state index >= 15 is 0 Å². The van der Waals surface area contributed by atoms with E-state index in [-0.39, 0.29) is 6.04 Å². The van der Waals surface area contributed by atoms with Gasteiger partial charge in [0.2, 0.25) is 0 Å². The molecule has 5 heteroatoms. The molecule has 0 saturated heterocycles. The van der Waals surface area contributed by atoms with Crippen molar-refractivity contribution in [3.05, 3.63) is 42.2 Å². The van der Waals surface area contributed by atoms with E-state index in [1.165, 1.54) is 21.8 Å². The Bertz CT molecular complexity index is 490. The predicted octanol–water partition coefficient (Wildman–Crippen LogP) is 4.73. The molecule has 2 rings (SSSR count). The van der Waals surface area contributed by atoms with Crippen LogP contribution < -0.4 is 5.32 Å². The third-order valence-electron chi connectivity index (χ3n) is 2.37. The molecule has 1 atom stereocenters. The molecule has 86 valence electrons. The Morgan fingerprint density at radius 2 is 2.06 bits per heavy atom. The van der Waals surface area contributed by atoms with Crippen molar-refractivity contribution in [1.82, 2.24) is 5.32 Å². The molecular formula is C11H11Cl2NS2. The molecule has 1 N–H and O–H groups in total. The van der Waals surface area contributed by atoms with E-state index in [1.807, 2.05) is 13.1 Å². The van der Waals surface area contributed by atoms with Gasteiger partial charge in [-0.3, -0.25) is 0 Å². The van der Waals surface area contributed by atoms with Crippen LogP contribution in [0.1, 0.15) is 22.0 Å². The standard InChI is InChI=1S/C11H11Cl2NS2/c1-6-3-7(5-15-6)10(14-2)8-4-9(12)16-11(8)13/h3-5,10,14H,1-2H3. The average Bonchev–Trinajstić information content (AvgIpc) is 2.76. The summed E-state index contributed by atoms with van der Waals surface area (Å²) in [5, 5.41) is 5.42. The summed E-state index contributed by atoms with van der Waals surface area (Å²) in [6.45, 7) is 2.10. The lowest BCUT2D eigenvalue weighted by Crippen LogP contribution is -2.16. The van der Waals surface area contributed by atoms with Gasteiger partial charge < -0.3 is 5.32 Å². The van der Waals surface area contributed by atoms with Crippen LogP contribution >= 0.6 is 45.9 Å². The van der Waals surface area contributed by atoms with Crippen LogP contribution in [0.3, 0.4) is 0 Å². The second kappa shape index (κ2) is 5.07. The minimum atomic E-state index is 0.126. The molecule has 16 heavy (non-hydrogen) atoms. The molecule has 0 radical (unpaired) electrons. The van der Waals surface area contributed by atoms with Gasteiger partial charge in [-0.1, -0.05) is 23.2 Å². The molecule has 0 bridgehead atoms. The molecule has 2 aromatic rings. The van der Waals surface area contributed by atoms with Crippen LogP contribution in [0.25, 0.3) is 0 Å². The first-order valence-electron chi connectivity index (χ1n) is 4.79. The molecule has 2 aromatic heterocycles. The summed E-state index contributed by atoms with van der Waals surface area (Å²) in [7, 11) is 1.93. The third-order valence-corrected chi connectivity index (χ3v) is 4.76. The van der Waals surface area contributed by atoms with Crippen LogP contribution in [-0.4, -0.2) is 7.05 Å². The third kappa shape index (κ3) is 2.44. The van der Waals surface area contributed by atoms with Gasteiger partial charge in [0.15, 0.2) is 0 Å². The Morgan fingerprint density at radius 3 is 2.50 bits per heavy atom. The largest absolute Gasteiger partial charge is 0.309 e. The summed E-state index contributed by atoms with van der Waals surface area (Å²) in [4.78, 5) is 1.30. The number of halogens is 2. The van der Waals surface area contributed by atoms with Gasteiger partial charge in [0.25, 0.3) is 0 Å². The zero-order valence-electron chi connectivity index (χ0n) is 8.88. The van der Waals surface area contributed by atoms with Crippen molar-refractivity contribution >= 4 is 45.9 Å². The van der Waals surface area contributed by atoms with Crippen molar-refractivity contribution in [2.24, 2.45) is 0 Å². The van der Waals surface area contributed by atoms with Crippen LogP contribution in [0, 0.1) is 6.92 Å². The first kappa shape index (κ1) is 12.4. The maximum atomic E-state index is 6.17. The highest BCUT2D eigenvalue weighted by molar-refractivity contribution is 7.20. The summed E-state index contributed by atoms with van der Waals surface area (Å²) in [5.41, 5.74) is 2.29. The van der Waals surface area contributed by atoms with E-state index in [2.05, 4.69) is 23.7 Å². The van der Waals surface area contributed by atoms with Gasteiger partial charge in [-0.25, -0.2) is 0 Å². The van der Waals surface area contributed by atoms with Crippen molar-refractivity contribution < 1.29 is 0 Å². The molecule has 2 heterocycles. The van der Waals surface area contributed by atoms with Crippen LogP contribution in [0.15, 0.2) is 17.5 Å². The Hall–Kier alpha value is -0.0600. The Kier molecular flexibility index (Phi) is 3.93. The summed E-state index contributed by atoms with van der Waals surface area (Å²) < 4.78 is 1.49. The highest BCUT2D eigenvalue weighted by Crippen LogP contribution is 2.38. The van der Waals surface area contributed by atoms with Gasteiger partial charge in [0, 0.05) is 10.4 Å². The molecule has 0 aromatic carbocycles. The molecule has 0 saturated carbocycles. The molecule has 0 spiro atoms. The van der Waals surface area contributed by atoms with Gasteiger partial charge in [-0.05, 0) is 37.0 Å². The van der Waals surface area contributed by atoms with E-state index in [1.54, 1.807) is 11.3 Å². The number of nitrogens with one attached hydrogen (secondary N) is 1. The maximum absolute atomic E-state index is 6.17. The number of rotatable bonds is 3. The lowest BCUT2D eigenvalue weighted by atomic mass is 10.0. The predicted molar refractivity (Wildman–Crippen MR) is 74.3 cm³/mol. The molecule has 1 unspecified atom stereocenters. The Labute approximate surface area is 113 Å². The minimum Gasteiger partial charge on any atom is -0.309 e. The first-order chi connectivity index (χ1) is 7.61. The molecular weight excluding hydrogens is 281 g/mol.